The minimum Gasteiger partial charge on any atom is -0.388 e. The normalized spacial score (nSPS) is 31.0. The topological polar surface area (TPSA) is 40.5 Å². The number of β-amino-alcohol motifs (C(OH)–C–C–N with tert-alkyl or cyclic N) is 1. The maximum atomic E-state index is 11.1. The zero-order valence-corrected chi connectivity index (χ0v) is 8.10. The van der Waals surface area contributed by atoms with Gasteiger partial charge in [-0.05, 0) is 13.3 Å². The fourth-order valence-electron chi connectivity index (χ4n) is 1.24. The molecule has 1 heterocycles. The summed E-state index contributed by atoms with van der Waals surface area (Å²) in [6.07, 6.45) is 0.686. The number of carbonyl (C=O) groups excluding carboxylic acids is 1. The van der Waals surface area contributed by atoms with Gasteiger partial charge in [-0.1, -0.05) is 15.9 Å². The Kier molecular flexibility index (Phi) is 2.54. The van der Waals surface area contributed by atoms with E-state index in [-0.39, 0.29) is 5.91 Å². The molecule has 0 bridgehead atoms. The maximum absolute atomic E-state index is 11.1. The molecule has 11 heavy (non-hydrogen) atoms. The second-order valence-electron chi connectivity index (χ2n) is 3.20. The van der Waals surface area contributed by atoms with E-state index in [9.17, 15) is 9.90 Å². The van der Waals surface area contributed by atoms with Crippen LogP contribution in [0.5, 0.6) is 0 Å². The molecule has 4 heteroatoms. The van der Waals surface area contributed by atoms with Crippen molar-refractivity contribution in [1.82, 2.24) is 4.90 Å². The smallest absolute Gasteiger partial charge is 0.233 e. The Hall–Kier alpha value is -0.0900. The molecule has 0 radical (unpaired) electrons. The third-order valence-corrected chi connectivity index (χ3v) is 2.40. The van der Waals surface area contributed by atoms with Crippen molar-refractivity contribution in [2.24, 2.45) is 0 Å². The van der Waals surface area contributed by atoms with Crippen LogP contribution in [0.1, 0.15) is 13.3 Å². The summed E-state index contributed by atoms with van der Waals surface area (Å²) >= 11 is 3.09. The van der Waals surface area contributed by atoms with E-state index in [0.29, 0.717) is 24.8 Å². The molecule has 1 N–H and O–H groups in total. The monoisotopic (exact) mass is 221 g/mol. The summed E-state index contributed by atoms with van der Waals surface area (Å²) in [5, 5.41) is 9.85. The molecule has 0 aliphatic carbocycles. The number of nitrogens with zero attached hydrogens (tertiary/aromatic N) is 1. The van der Waals surface area contributed by atoms with Crippen molar-refractivity contribution in [2.75, 3.05) is 18.4 Å². The van der Waals surface area contributed by atoms with Gasteiger partial charge >= 0.3 is 0 Å². The van der Waals surface area contributed by atoms with Gasteiger partial charge in [0, 0.05) is 13.1 Å². The number of hydrogen-bond acceptors (Lipinski definition) is 2. The lowest BCUT2D eigenvalue weighted by molar-refractivity contribution is -0.128. The predicted molar refractivity (Wildman–Crippen MR) is 45.6 cm³/mol. The van der Waals surface area contributed by atoms with Gasteiger partial charge in [0.1, 0.15) is 0 Å². The lowest BCUT2D eigenvalue weighted by Gasteiger charge is -2.17. The highest BCUT2D eigenvalue weighted by Gasteiger charge is 2.33. The molecule has 1 aliphatic heterocycles. The zero-order chi connectivity index (χ0) is 8.48. The van der Waals surface area contributed by atoms with E-state index in [2.05, 4.69) is 15.9 Å². The van der Waals surface area contributed by atoms with Gasteiger partial charge in [-0.25, -0.2) is 0 Å². The number of halogens is 1. The molecule has 1 unspecified atom stereocenters. The summed E-state index contributed by atoms with van der Waals surface area (Å²) in [7, 11) is 0. The number of rotatable bonds is 1. The van der Waals surface area contributed by atoms with Crippen LogP contribution in [0.3, 0.4) is 0 Å². The average Bonchev–Trinajstić information content (AvgIpc) is 2.29. The number of alkyl halides is 1. The Morgan fingerprint density at radius 3 is 2.82 bits per heavy atom. The highest BCUT2D eigenvalue weighted by Crippen LogP contribution is 2.20. The summed E-state index contributed by atoms with van der Waals surface area (Å²) < 4.78 is 0. The molecule has 1 amide bonds. The van der Waals surface area contributed by atoms with Crippen molar-refractivity contribution in [3.63, 3.8) is 0 Å². The van der Waals surface area contributed by atoms with Gasteiger partial charge in [0.2, 0.25) is 5.91 Å². The molecule has 0 aromatic heterocycles. The van der Waals surface area contributed by atoms with Gasteiger partial charge in [-0.15, -0.1) is 0 Å². The molecule has 1 aliphatic rings. The van der Waals surface area contributed by atoms with Crippen LogP contribution in [0, 0.1) is 0 Å². The quantitative estimate of drug-likeness (QED) is 0.651. The molecule has 1 fully saturated rings. The van der Waals surface area contributed by atoms with E-state index in [0.717, 1.165) is 0 Å². The SMILES string of the molecule is CC1(O)CCN(C(=O)CBr)C1. The van der Waals surface area contributed by atoms with Crippen LogP contribution in [-0.4, -0.2) is 39.9 Å². The van der Waals surface area contributed by atoms with E-state index in [1.807, 2.05) is 0 Å². The first-order chi connectivity index (χ1) is 5.05. The molecular weight excluding hydrogens is 210 g/mol. The van der Waals surface area contributed by atoms with Gasteiger partial charge in [-0.2, -0.15) is 0 Å². The van der Waals surface area contributed by atoms with Gasteiger partial charge in [-0.3, -0.25) is 4.79 Å². The fourth-order valence-corrected chi connectivity index (χ4v) is 1.60. The lowest BCUT2D eigenvalue weighted by atomic mass is 10.1. The zero-order valence-electron chi connectivity index (χ0n) is 6.51. The number of aliphatic hydroxyl groups is 1. The van der Waals surface area contributed by atoms with Crippen LogP contribution in [0.4, 0.5) is 0 Å². The summed E-state index contributed by atoms with van der Waals surface area (Å²) in [4.78, 5) is 12.7. The molecule has 64 valence electrons. The van der Waals surface area contributed by atoms with Gasteiger partial charge in [0.05, 0.1) is 10.9 Å². The van der Waals surface area contributed by atoms with E-state index in [4.69, 9.17) is 0 Å². The minimum atomic E-state index is -0.669. The van der Waals surface area contributed by atoms with E-state index in [1.54, 1.807) is 11.8 Å². The molecule has 3 nitrogen and oxygen atoms in total. The Balaban J connectivity index is 2.48. The highest BCUT2D eigenvalue weighted by molar-refractivity contribution is 9.09. The van der Waals surface area contributed by atoms with Crippen LogP contribution in [-0.2, 0) is 4.79 Å². The van der Waals surface area contributed by atoms with Gasteiger partial charge in [0.25, 0.3) is 0 Å². The van der Waals surface area contributed by atoms with Gasteiger partial charge < -0.3 is 10.0 Å². The molecule has 0 aromatic rings. The second kappa shape index (κ2) is 3.11. The lowest BCUT2D eigenvalue weighted by Crippen LogP contribution is -2.34. The first-order valence-electron chi connectivity index (χ1n) is 3.61. The summed E-state index contributed by atoms with van der Waals surface area (Å²) in [5.74, 6) is 0.0581. The Bertz CT molecular complexity index is 170. The van der Waals surface area contributed by atoms with Gasteiger partial charge in [0.15, 0.2) is 0 Å². The molecule has 1 rings (SSSR count). The van der Waals surface area contributed by atoms with Crippen LogP contribution in [0.25, 0.3) is 0 Å². The van der Waals surface area contributed by atoms with Crippen LogP contribution < -0.4 is 0 Å². The van der Waals surface area contributed by atoms with Crippen LogP contribution in [0.15, 0.2) is 0 Å². The molecular formula is C7H12BrNO2. The second-order valence-corrected chi connectivity index (χ2v) is 3.76. The maximum Gasteiger partial charge on any atom is 0.233 e. The van der Waals surface area contributed by atoms with Crippen molar-refractivity contribution in [3.8, 4) is 0 Å². The van der Waals surface area contributed by atoms with Crippen LogP contribution >= 0.6 is 15.9 Å². The van der Waals surface area contributed by atoms with E-state index in [1.165, 1.54) is 0 Å². The average molecular weight is 222 g/mol. The third-order valence-electron chi connectivity index (χ3n) is 1.92. The van der Waals surface area contributed by atoms with Crippen molar-refractivity contribution < 1.29 is 9.90 Å². The summed E-state index contributed by atoms with van der Waals surface area (Å²) in [6, 6.07) is 0. The molecule has 1 atom stereocenters. The number of likely N-dealkylation sites (tertiary alicyclic amines) is 1. The predicted octanol–water partition coefficient (Wildman–Crippen LogP) is 0.365. The number of carbonyl (C=O) groups is 1. The Morgan fingerprint density at radius 1 is 1.82 bits per heavy atom. The van der Waals surface area contributed by atoms with E-state index >= 15 is 0 Å². The van der Waals surface area contributed by atoms with Crippen molar-refractivity contribution >= 4 is 21.8 Å². The molecule has 0 spiro atoms. The number of hydrogen-bond donors (Lipinski definition) is 1. The van der Waals surface area contributed by atoms with Crippen molar-refractivity contribution in [1.29, 1.82) is 0 Å². The first-order valence-corrected chi connectivity index (χ1v) is 4.73. The Morgan fingerprint density at radius 2 is 2.45 bits per heavy atom. The highest BCUT2D eigenvalue weighted by atomic mass is 79.9. The molecule has 0 aromatic carbocycles. The summed E-state index contributed by atoms with van der Waals surface area (Å²) in [6.45, 7) is 2.91. The minimum absolute atomic E-state index is 0.0581. The summed E-state index contributed by atoms with van der Waals surface area (Å²) in [5.41, 5.74) is -0.669. The molecule has 0 saturated carbocycles. The molecule has 1 saturated heterocycles. The largest absolute Gasteiger partial charge is 0.388 e. The van der Waals surface area contributed by atoms with Crippen LogP contribution in [0.2, 0.25) is 0 Å². The third kappa shape index (κ3) is 2.17. The van der Waals surface area contributed by atoms with E-state index < -0.39 is 5.60 Å². The van der Waals surface area contributed by atoms with Crippen molar-refractivity contribution in [3.05, 3.63) is 0 Å². The fraction of sp³-hybridized carbons (Fsp3) is 0.857. The standard InChI is InChI=1S/C7H12BrNO2/c1-7(11)2-3-9(5-7)6(10)4-8/h11H,2-5H2,1H3. The van der Waals surface area contributed by atoms with Crippen molar-refractivity contribution in [2.45, 2.75) is 18.9 Å². The first kappa shape index (κ1) is 9.00. The Labute approximate surface area is 74.5 Å². The number of amides is 1.